The summed E-state index contributed by atoms with van der Waals surface area (Å²) in [6, 6.07) is 13.4. The number of hydrogen-bond donors (Lipinski definition) is 0. The Balaban J connectivity index is 1.53. The Morgan fingerprint density at radius 3 is 2.64 bits per heavy atom. The molecular formula is C19H15ClFN5O2. The maximum Gasteiger partial charge on any atom is 0.317 e. The summed E-state index contributed by atoms with van der Waals surface area (Å²) in [6.07, 6.45) is -0.527. The van der Waals surface area contributed by atoms with Crippen molar-refractivity contribution in [2.24, 2.45) is 7.05 Å². The van der Waals surface area contributed by atoms with Crippen molar-refractivity contribution >= 4 is 11.6 Å². The highest BCUT2D eigenvalue weighted by molar-refractivity contribution is 6.30. The lowest BCUT2D eigenvalue weighted by Gasteiger charge is -2.10. The molecule has 0 fully saturated rings. The van der Waals surface area contributed by atoms with Crippen LogP contribution in [0.2, 0.25) is 5.02 Å². The smallest absolute Gasteiger partial charge is 0.317 e. The third-order valence-corrected chi connectivity index (χ3v) is 4.33. The van der Waals surface area contributed by atoms with Crippen LogP contribution in [0.15, 0.2) is 53.1 Å². The van der Waals surface area contributed by atoms with Crippen LogP contribution in [0.5, 0.6) is 6.01 Å². The Morgan fingerprint density at radius 2 is 1.89 bits per heavy atom. The normalized spacial score (nSPS) is 12.1. The summed E-state index contributed by atoms with van der Waals surface area (Å²) in [4.78, 5) is 4.36. The highest BCUT2D eigenvalue weighted by atomic mass is 35.5. The minimum atomic E-state index is -0.527. The minimum Gasteiger partial charge on any atom is -0.452 e. The molecular weight excluding hydrogens is 385 g/mol. The van der Waals surface area contributed by atoms with Gasteiger partial charge in [-0.2, -0.15) is 4.98 Å². The molecule has 142 valence electrons. The number of hydrogen-bond acceptors (Lipinski definition) is 6. The molecule has 1 atom stereocenters. The number of rotatable bonds is 5. The van der Waals surface area contributed by atoms with Crippen molar-refractivity contribution < 1.29 is 13.7 Å². The fourth-order valence-electron chi connectivity index (χ4n) is 2.62. The molecule has 2 aromatic carbocycles. The van der Waals surface area contributed by atoms with Gasteiger partial charge in [-0.3, -0.25) is 4.57 Å². The van der Waals surface area contributed by atoms with Crippen molar-refractivity contribution in [3.05, 3.63) is 65.2 Å². The topological polar surface area (TPSA) is 78.9 Å². The van der Waals surface area contributed by atoms with Gasteiger partial charge in [0, 0.05) is 23.2 Å². The molecule has 2 heterocycles. The van der Waals surface area contributed by atoms with Crippen LogP contribution >= 0.6 is 11.6 Å². The zero-order valence-electron chi connectivity index (χ0n) is 15.0. The Morgan fingerprint density at radius 1 is 1.11 bits per heavy atom. The lowest BCUT2D eigenvalue weighted by atomic mass is 10.2. The van der Waals surface area contributed by atoms with E-state index in [2.05, 4.69) is 20.3 Å². The number of aromatic nitrogens is 5. The van der Waals surface area contributed by atoms with E-state index in [1.807, 2.05) is 6.07 Å². The second kappa shape index (κ2) is 7.40. The van der Waals surface area contributed by atoms with E-state index in [4.69, 9.17) is 20.9 Å². The molecule has 4 rings (SSSR count). The highest BCUT2D eigenvalue weighted by Gasteiger charge is 2.20. The molecule has 4 aromatic rings. The molecule has 0 unspecified atom stereocenters. The van der Waals surface area contributed by atoms with E-state index in [9.17, 15) is 4.39 Å². The summed E-state index contributed by atoms with van der Waals surface area (Å²) < 4.78 is 25.9. The lowest BCUT2D eigenvalue weighted by Crippen LogP contribution is -2.08. The van der Waals surface area contributed by atoms with Gasteiger partial charge in [-0.25, -0.2) is 4.39 Å². The second-order valence-corrected chi connectivity index (χ2v) is 6.54. The van der Waals surface area contributed by atoms with Gasteiger partial charge in [0.1, 0.15) is 5.82 Å². The van der Waals surface area contributed by atoms with Crippen LogP contribution in [0.25, 0.3) is 22.8 Å². The van der Waals surface area contributed by atoms with Crippen molar-refractivity contribution in [1.82, 2.24) is 24.9 Å². The molecule has 9 heteroatoms. The summed E-state index contributed by atoms with van der Waals surface area (Å²) in [5.74, 6) is 0.942. The van der Waals surface area contributed by atoms with Crippen molar-refractivity contribution in [3.8, 4) is 28.9 Å². The van der Waals surface area contributed by atoms with Gasteiger partial charge in [0.05, 0.1) is 0 Å². The number of benzene rings is 2. The molecule has 0 saturated carbocycles. The van der Waals surface area contributed by atoms with Gasteiger partial charge in [0.25, 0.3) is 5.89 Å². The Labute approximate surface area is 164 Å². The summed E-state index contributed by atoms with van der Waals surface area (Å²) in [5.41, 5.74) is 1.44. The van der Waals surface area contributed by atoms with Crippen LogP contribution < -0.4 is 4.74 Å². The van der Waals surface area contributed by atoms with E-state index >= 15 is 0 Å². The van der Waals surface area contributed by atoms with Gasteiger partial charge in [-0.1, -0.05) is 27.9 Å². The van der Waals surface area contributed by atoms with Gasteiger partial charge in [-0.15, -0.1) is 5.10 Å². The van der Waals surface area contributed by atoms with Crippen LogP contribution in [0.4, 0.5) is 4.39 Å². The fraction of sp³-hybridized carbons (Fsp3) is 0.158. The molecule has 7 nitrogen and oxygen atoms in total. The molecule has 0 amide bonds. The van der Waals surface area contributed by atoms with E-state index in [0.717, 1.165) is 11.1 Å². The maximum absolute atomic E-state index is 13.1. The van der Waals surface area contributed by atoms with E-state index in [1.54, 1.807) is 48.9 Å². The van der Waals surface area contributed by atoms with Gasteiger partial charge in [0.2, 0.25) is 5.82 Å². The van der Waals surface area contributed by atoms with E-state index in [1.165, 1.54) is 12.1 Å². The first kappa shape index (κ1) is 18.1. The minimum absolute atomic E-state index is 0.279. The van der Waals surface area contributed by atoms with Crippen LogP contribution in [0, 0.1) is 5.82 Å². The molecule has 28 heavy (non-hydrogen) atoms. The van der Waals surface area contributed by atoms with Crippen molar-refractivity contribution in [2.75, 3.05) is 0 Å². The zero-order chi connectivity index (χ0) is 19.7. The van der Waals surface area contributed by atoms with Crippen LogP contribution in [-0.4, -0.2) is 24.9 Å². The van der Waals surface area contributed by atoms with E-state index < -0.39 is 6.10 Å². The molecule has 0 saturated heterocycles. The van der Waals surface area contributed by atoms with Crippen molar-refractivity contribution in [3.63, 3.8) is 0 Å². The quantitative estimate of drug-likeness (QED) is 0.493. The van der Waals surface area contributed by atoms with E-state index in [0.29, 0.717) is 22.6 Å². The predicted molar refractivity (Wildman–Crippen MR) is 100 cm³/mol. The van der Waals surface area contributed by atoms with Crippen LogP contribution in [0.1, 0.15) is 18.9 Å². The van der Waals surface area contributed by atoms with Gasteiger partial charge in [-0.05, 0) is 49.4 Å². The highest BCUT2D eigenvalue weighted by Crippen LogP contribution is 2.26. The molecule has 2 aromatic heterocycles. The SMILES string of the molecule is C[C@@H](Oc1nnc(-c2ccc(F)cc2)n1C)c1noc(-c2cccc(Cl)c2)n1. The summed E-state index contributed by atoms with van der Waals surface area (Å²) in [6.45, 7) is 1.78. The Bertz CT molecular complexity index is 1110. The standard InChI is InChI=1S/C19H15ClFN5O2/c1-11(16-22-18(28-25-16)13-4-3-5-14(20)10-13)27-19-24-23-17(26(19)2)12-6-8-15(21)9-7-12/h3-11H,1-2H3/t11-/m1/s1. The van der Waals surface area contributed by atoms with Gasteiger partial charge >= 0.3 is 6.01 Å². The van der Waals surface area contributed by atoms with Crippen molar-refractivity contribution in [2.45, 2.75) is 13.0 Å². The molecule has 0 bridgehead atoms. The summed E-state index contributed by atoms with van der Waals surface area (Å²) in [7, 11) is 1.76. The number of ether oxygens (including phenoxy) is 1. The third-order valence-electron chi connectivity index (χ3n) is 4.10. The molecule has 0 spiro atoms. The third kappa shape index (κ3) is 3.59. The lowest BCUT2D eigenvalue weighted by molar-refractivity contribution is 0.186. The Kier molecular flexibility index (Phi) is 4.79. The van der Waals surface area contributed by atoms with E-state index in [-0.39, 0.29) is 11.8 Å². The van der Waals surface area contributed by atoms with Crippen LogP contribution in [0.3, 0.4) is 0 Å². The second-order valence-electron chi connectivity index (χ2n) is 6.10. The largest absolute Gasteiger partial charge is 0.452 e. The molecule has 0 aliphatic rings. The van der Waals surface area contributed by atoms with Gasteiger partial charge in [0.15, 0.2) is 11.9 Å². The fourth-order valence-corrected chi connectivity index (χ4v) is 2.81. The average Bonchev–Trinajstić information content (AvgIpc) is 3.31. The first-order valence-corrected chi connectivity index (χ1v) is 8.80. The summed E-state index contributed by atoms with van der Waals surface area (Å²) >= 11 is 6.00. The zero-order valence-corrected chi connectivity index (χ0v) is 15.8. The maximum atomic E-state index is 13.1. The number of nitrogens with zero attached hydrogens (tertiary/aromatic N) is 5. The first-order valence-electron chi connectivity index (χ1n) is 8.43. The summed E-state index contributed by atoms with van der Waals surface area (Å²) in [5, 5.41) is 12.7. The van der Waals surface area contributed by atoms with Gasteiger partial charge < -0.3 is 9.26 Å². The molecule has 0 radical (unpaired) electrons. The number of halogens is 2. The Hall–Kier alpha value is -3.26. The van der Waals surface area contributed by atoms with Crippen molar-refractivity contribution in [1.29, 1.82) is 0 Å². The average molecular weight is 400 g/mol. The monoisotopic (exact) mass is 399 g/mol. The predicted octanol–water partition coefficient (Wildman–Crippen LogP) is 4.46. The first-order chi connectivity index (χ1) is 13.5. The molecule has 0 N–H and O–H groups in total. The molecule has 0 aliphatic carbocycles. The van der Waals surface area contributed by atoms with Crippen LogP contribution in [-0.2, 0) is 7.05 Å². The molecule has 0 aliphatic heterocycles.